The van der Waals surface area contributed by atoms with Crippen LogP contribution >= 0.6 is 11.3 Å². The highest BCUT2D eigenvalue weighted by Gasteiger charge is 2.18. The van der Waals surface area contributed by atoms with Crippen LogP contribution in [0.3, 0.4) is 0 Å². The molecule has 0 saturated carbocycles. The number of pyridine rings is 1. The van der Waals surface area contributed by atoms with E-state index in [9.17, 15) is 4.79 Å². The first-order valence-corrected chi connectivity index (χ1v) is 6.62. The molecule has 94 valence electrons. The predicted octanol–water partition coefficient (Wildman–Crippen LogP) is 3.77. The molecule has 0 aromatic carbocycles. The van der Waals surface area contributed by atoms with E-state index in [0.717, 1.165) is 11.3 Å². The Kier molecular flexibility index (Phi) is 3.48. The summed E-state index contributed by atoms with van der Waals surface area (Å²) in [5.41, 5.74) is 1.86. The average Bonchev–Trinajstić information content (AvgIpc) is 2.80. The van der Waals surface area contributed by atoms with Crippen LogP contribution in [0.1, 0.15) is 31.1 Å². The summed E-state index contributed by atoms with van der Waals surface area (Å²) < 4.78 is 5.33. The molecule has 0 spiro atoms. The smallest absolute Gasteiger partial charge is 0.338 e. The van der Waals surface area contributed by atoms with Gasteiger partial charge in [-0.2, -0.15) is 11.3 Å². The largest absolute Gasteiger partial charge is 0.456 e. The second-order valence-electron chi connectivity index (χ2n) is 4.94. The van der Waals surface area contributed by atoms with Crippen LogP contribution in [0.2, 0.25) is 0 Å². The molecule has 2 heterocycles. The topological polar surface area (TPSA) is 39.2 Å². The summed E-state index contributed by atoms with van der Waals surface area (Å²) in [4.78, 5) is 16.2. The van der Waals surface area contributed by atoms with Gasteiger partial charge in [-0.05, 0) is 44.4 Å². The number of thiophene rings is 1. The molecule has 0 N–H and O–H groups in total. The molecule has 3 nitrogen and oxygen atoms in total. The van der Waals surface area contributed by atoms with Crippen LogP contribution in [0.5, 0.6) is 0 Å². The number of esters is 1. The molecule has 0 atom stereocenters. The molecular formula is C14H15NO2S. The summed E-state index contributed by atoms with van der Waals surface area (Å²) >= 11 is 1.60. The van der Waals surface area contributed by atoms with Crippen LogP contribution in [-0.2, 0) is 4.74 Å². The third kappa shape index (κ3) is 3.17. The van der Waals surface area contributed by atoms with Gasteiger partial charge in [-0.25, -0.2) is 4.79 Å². The highest BCUT2D eigenvalue weighted by molar-refractivity contribution is 7.08. The van der Waals surface area contributed by atoms with Crippen molar-refractivity contribution in [3.05, 3.63) is 40.7 Å². The number of nitrogens with zero attached hydrogens (tertiary/aromatic N) is 1. The van der Waals surface area contributed by atoms with E-state index in [2.05, 4.69) is 4.98 Å². The lowest BCUT2D eigenvalue weighted by atomic mass is 10.1. The van der Waals surface area contributed by atoms with E-state index in [4.69, 9.17) is 4.74 Å². The normalized spacial score (nSPS) is 11.3. The Labute approximate surface area is 110 Å². The van der Waals surface area contributed by atoms with E-state index in [-0.39, 0.29) is 5.97 Å². The van der Waals surface area contributed by atoms with Crippen LogP contribution in [-0.4, -0.2) is 16.6 Å². The molecule has 4 heteroatoms. The zero-order valence-electron chi connectivity index (χ0n) is 10.6. The lowest BCUT2D eigenvalue weighted by molar-refractivity contribution is 0.00695. The number of hydrogen-bond acceptors (Lipinski definition) is 4. The molecule has 0 aliphatic heterocycles. The third-order valence-electron chi connectivity index (χ3n) is 2.21. The van der Waals surface area contributed by atoms with Crippen molar-refractivity contribution in [2.45, 2.75) is 26.4 Å². The monoisotopic (exact) mass is 261 g/mol. The predicted molar refractivity (Wildman–Crippen MR) is 72.7 cm³/mol. The summed E-state index contributed by atoms with van der Waals surface area (Å²) in [5, 5.41) is 3.98. The van der Waals surface area contributed by atoms with E-state index in [0.29, 0.717) is 5.56 Å². The third-order valence-corrected chi connectivity index (χ3v) is 2.89. The maximum atomic E-state index is 11.9. The minimum absolute atomic E-state index is 0.318. The van der Waals surface area contributed by atoms with E-state index < -0.39 is 5.60 Å². The standard InChI is InChI=1S/C14H15NO2S/c1-14(2,3)17-13(16)10-4-6-15-12(8-10)11-5-7-18-9-11/h4-9H,1-3H3. The second kappa shape index (κ2) is 4.90. The lowest BCUT2D eigenvalue weighted by Gasteiger charge is -2.19. The number of hydrogen-bond donors (Lipinski definition) is 0. The quantitative estimate of drug-likeness (QED) is 0.772. The van der Waals surface area contributed by atoms with Crippen LogP contribution in [0.4, 0.5) is 0 Å². The second-order valence-corrected chi connectivity index (χ2v) is 5.72. The van der Waals surface area contributed by atoms with Gasteiger partial charge in [0.2, 0.25) is 0 Å². The Balaban J connectivity index is 2.25. The summed E-state index contributed by atoms with van der Waals surface area (Å²) in [6.07, 6.45) is 1.63. The minimum atomic E-state index is -0.483. The van der Waals surface area contributed by atoms with Gasteiger partial charge in [0.15, 0.2) is 0 Å². The summed E-state index contributed by atoms with van der Waals surface area (Å²) in [6.45, 7) is 5.56. The molecule has 18 heavy (non-hydrogen) atoms. The molecule has 0 fully saturated rings. The number of carbonyl (C=O) groups is 1. The molecule has 2 aromatic heterocycles. The van der Waals surface area contributed by atoms with E-state index in [1.807, 2.05) is 37.6 Å². The van der Waals surface area contributed by atoms with Crippen LogP contribution in [0.15, 0.2) is 35.2 Å². The SMILES string of the molecule is CC(C)(C)OC(=O)c1ccnc(-c2ccsc2)c1. The van der Waals surface area contributed by atoms with E-state index in [1.165, 1.54) is 0 Å². The summed E-state index contributed by atoms with van der Waals surface area (Å²) in [5.74, 6) is -0.318. The highest BCUT2D eigenvalue weighted by atomic mass is 32.1. The molecule has 0 bridgehead atoms. The van der Waals surface area contributed by atoms with Crippen molar-refractivity contribution < 1.29 is 9.53 Å². The number of ether oxygens (including phenoxy) is 1. The molecule has 0 amide bonds. The average molecular weight is 261 g/mol. The minimum Gasteiger partial charge on any atom is -0.456 e. The Morgan fingerprint density at radius 2 is 2.11 bits per heavy atom. The lowest BCUT2D eigenvalue weighted by Crippen LogP contribution is -2.23. The Morgan fingerprint density at radius 3 is 2.72 bits per heavy atom. The Bertz CT molecular complexity index is 541. The molecule has 2 rings (SSSR count). The molecule has 0 aliphatic rings. The van der Waals surface area contributed by atoms with Gasteiger partial charge in [0, 0.05) is 17.1 Å². The van der Waals surface area contributed by atoms with Crippen molar-refractivity contribution in [2.75, 3.05) is 0 Å². The summed E-state index contributed by atoms with van der Waals surface area (Å²) in [6, 6.07) is 5.41. The van der Waals surface area contributed by atoms with Crippen LogP contribution < -0.4 is 0 Å². The molecule has 0 saturated heterocycles. The first-order chi connectivity index (χ1) is 8.46. The van der Waals surface area contributed by atoms with Gasteiger partial charge in [-0.1, -0.05) is 0 Å². The van der Waals surface area contributed by atoms with Crippen molar-refractivity contribution in [1.29, 1.82) is 0 Å². The van der Waals surface area contributed by atoms with Gasteiger partial charge >= 0.3 is 5.97 Å². The highest BCUT2D eigenvalue weighted by Crippen LogP contribution is 2.21. The van der Waals surface area contributed by atoms with Gasteiger partial charge in [-0.15, -0.1) is 0 Å². The molecule has 2 aromatic rings. The van der Waals surface area contributed by atoms with Crippen LogP contribution in [0.25, 0.3) is 11.3 Å². The first-order valence-electron chi connectivity index (χ1n) is 5.68. The van der Waals surface area contributed by atoms with Gasteiger partial charge in [0.1, 0.15) is 5.60 Å². The molecular weight excluding hydrogens is 246 g/mol. The number of carbonyl (C=O) groups excluding carboxylic acids is 1. The van der Waals surface area contributed by atoms with E-state index >= 15 is 0 Å². The fourth-order valence-electron chi connectivity index (χ4n) is 1.46. The maximum Gasteiger partial charge on any atom is 0.338 e. The number of rotatable bonds is 2. The van der Waals surface area contributed by atoms with Gasteiger partial charge in [-0.3, -0.25) is 4.98 Å². The van der Waals surface area contributed by atoms with Crippen molar-refractivity contribution in [3.63, 3.8) is 0 Å². The zero-order chi connectivity index (χ0) is 13.2. The van der Waals surface area contributed by atoms with Crippen LogP contribution in [0, 0.1) is 0 Å². The molecule has 0 aliphatic carbocycles. The van der Waals surface area contributed by atoms with Crippen molar-refractivity contribution in [3.8, 4) is 11.3 Å². The van der Waals surface area contributed by atoms with Crippen molar-refractivity contribution >= 4 is 17.3 Å². The fourth-order valence-corrected chi connectivity index (χ4v) is 2.11. The fraction of sp³-hybridized carbons (Fsp3) is 0.286. The maximum absolute atomic E-state index is 11.9. The number of aromatic nitrogens is 1. The molecule has 0 unspecified atom stereocenters. The van der Waals surface area contributed by atoms with Gasteiger partial charge in [0.05, 0.1) is 11.3 Å². The first kappa shape index (κ1) is 12.8. The molecule has 0 radical (unpaired) electrons. The zero-order valence-corrected chi connectivity index (χ0v) is 11.5. The van der Waals surface area contributed by atoms with Gasteiger partial charge in [0.25, 0.3) is 0 Å². The van der Waals surface area contributed by atoms with E-state index in [1.54, 1.807) is 29.7 Å². The van der Waals surface area contributed by atoms with Crippen molar-refractivity contribution in [1.82, 2.24) is 4.98 Å². The van der Waals surface area contributed by atoms with Crippen molar-refractivity contribution in [2.24, 2.45) is 0 Å². The Morgan fingerprint density at radius 1 is 1.33 bits per heavy atom. The summed E-state index contributed by atoms with van der Waals surface area (Å²) in [7, 11) is 0. The van der Waals surface area contributed by atoms with Gasteiger partial charge < -0.3 is 4.74 Å². The Hall–Kier alpha value is -1.68.